The van der Waals surface area contributed by atoms with Crippen molar-refractivity contribution in [2.75, 3.05) is 0 Å². The van der Waals surface area contributed by atoms with Crippen molar-refractivity contribution >= 4 is 22.0 Å². The molecule has 0 radical (unpaired) electrons. The number of rotatable bonds is 2. The molecule has 0 unspecified atom stereocenters. The lowest BCUT2D eigenvalue weighted by molar-refractivity contribution is 0.475. The number of aromatic nitrogens is 2. The van der Waals surface area contributed by atoms with Gasteiger partial charge < -0.3 is 14.1 Å². The van der Waals surface area contributed by atoms with Gasteiger partial charge in [-0.05, 0) is 42.7 Å². The lowest BCUT2D eigenvalue weighted by Gasteiger charge is -2.12. The van der Waals surface area contributed by atoms with Gasteiger partial charge in [0.1, 0.15) is 11.6 Å². The lowest BCUT2D eigenvalue weighted by Crippen LogP contribution is -2.20. The van der Waals surface area contributed by atoms with Gasteiger partial charge in [-0.15, -0.1) is 0 Å². The first-order valence-electron chi connectivity index (χ1n) is 8.04. The van der Waals surface area contributed by atoms with E-state index in [0.29, 0.717) is 27.6 Å². The molecule has 6 heteroatoms. The van der Waals surface area contributed by atoms with Gasteiger partial charge in [-0.25, -0.2) is 9.37 Å². The zero-order valence-corrected chi connectivity index (χ0v) is 13.1. The van der Waals surface area contributed by atoms with Crippen molar-refractivity contribution in [3.63, 3.8) is 0 Å². The van der Waals surface area contributed by atoms with Gasteiger partial charge in [0.05, 0.1) is 5.52 Å². The summed E-state index contributed by atoms with van der Waals surface area (Å²) >= 11 is 0. The first-order valence-corrected chi connectivity index (χ1v) is 8.04. The number of phenols is 1. The molecule has 2 heterocycles. The molecule has 5 nitrogen and oxygen atoms in total. The van der Waals surface area contributed by atoms with Crippen LogP contribution in [0.15, 0.2) is 52.0 Å². The summed E-state index contributed by atoms with van der Waals surface area (Å²) in [6, 6.07) is 9.49. The number of oxazole rings is 1. The Kier molecular flexibility index (Phi) is 2.80. The third-order valence-electron chi connectivity index (χ3n) is 4.67. The van der Waals surface area contributed by atoms with Crippen LogP contribution < -0.4 is 5.56 Å². The molecule has 1 aliphatic rings. The van der Waals surface area contributed by atoms with E-state index in [1.54, 1.807) is 22.8 Å². The van der Waals surface area contributed by atoms with E-state index in [-0.39, 0.29) is 22.9 Å². The Morgan fingerprint density at radius 3 is 2.68 bits per heavy atom. The topological polar surface area (TPSA) is 68.3 Å². The Hall–Kier alpha value is -3.15. The van der Waals surface area contributed by atoms with Crippen LogP contribution in [0.2, 0.25) is 0 Å². The fourth-order valence-corrected chi connectivity index (χ4v) is 3.31. The maximum Gasteiger partial charge on any atom is 0.281 e. The van der Waals surface area contributed by atoms with Crippen LogP contribution in [-0.2, 0) is 0 Å². The molecule has 5 rings (SSSR count). The van der Waals surface area contributed by atoms with Crippen LogP contribution in [0.5, 0.6) is 5.75 Å². The summed E-state index contributed by atoms with van der Waals surface area (Å²) in [6.45, 7) is 0. The molecule has 0 bridgehead atoms. The summed E-state index contributed by atoms with van der Waals surface area (Å²) in [6.07, 6.45) is 3.06. The summed E-state index contributed by atoms with van der Waals surface area (Å²) in [7, 11) is 0. The van der Waals surface area contributed by atoms with Crippen LogP contribution in [0.3, 0.4) is 0 Å². The van der Waals surface area contributed by atoms with Crippen LogP contribution >= 0.6 is 0 Å². The van der Waals surface area contributed by atoms with E-state index in [1.807, 2.05) is 0 Å². The maximum absolute atomic E-state index is 14.8. The van der Waals surface area contributed by atoms with Gasteiger partial charge in [0.2, 0.25) is 0 Å². The smallest absolute Gasteiger partial charge is 0.281 e. The predicted octanol–water partition coefficient (Wildman–Crippen LogP) is 3.99. The van der Waals surface area contributed by atoms with Crippen LogP contribution in [0.4, 0.5) is 4.39 Å². The third kappa shape index (κ3) is 2.07. The van der Waals surface area contributed by atoms with E-state index in [1.165, 1.54) is 24.6 Å². The van der Waals surface area contributed by atoms with Crippen LogP contribution in [0, 0.1) is 5.82 Å². The number of hydrogen-bond acceptors (Lipinski definition) is 4. The van der Waals surface area contributed by atoms with Crippen LogP contribution in [0.1, 0.15) is 18.9 Å². The van der Waals surface area contributed by atoms with Crippen LogP contribution in [0.25, 0.3) is 33.1 Å². The highest BCUT2D eigenvalue weighted by Gasteiger charge is 2.29. The number of nitrogens with zero attached hydrogens (tertiary/aromatic N) is 2. The Labute approximate surface area is 141 Å². The fourth-order valence-electron chi connectivity index (χ4n) is 3.31. The number of fused-ring (bicyclic) bond motifs is 3. The molecule has 1 saturated carbocycles. The number of hydrogen-bond donors (Lipinski definition) is 1. The molecule has 124 valence electrons. The first kappa shape index (κ1) is 14.2. The zero-order chi connectivity index (χ0) is 17.1. The number of benzene rings is 2. The van der Waals surface area contributed by atoms with Crippen LogP contribution in [-0.4, -0.2) is 14.7 Å². The summed E-state index contributed by atoms with van der Waals surface area (Å²) in [4.78, 5) is 16.8. The van der Waals surface area contributed by atoms with Gasteiger partial charge in [0.25, 0.3) is 5.56 Å². The van der Waals surface area contributed by atoms with Gasteiger partial charge in [-0.1, -0.05) is 12.1 Å². The Morgan fingerprint density at radius 2 is 1.96 bits per heavy atom. The van der Waals surface area contributed by atoms with Gasteiger partial charge in [-0.3, -0.25) is 4.79 Å². The summed E-state index contributed by atoms with van der Waals surface area (Å²) in [5.41, 5.74) is 1.98. The SMILES string of the molecule is O=c1c2ncoc2c2cc(F)c(-c3ccc(O)cc3)cc2n1C1CC1. The largest absolute Gasteiger partial charge is 0.508 e. The Bertz CT molecular complexity index is 1190. The molecule has 4 aromatic rings. The van der Waals surface area contributed by atoms with E-state index in [4.69, 9.17) is 4.42 Å². The molecule has 0 aliphatic heterocycles. The summed E-state index contributed by atoms with van der Waals surface area (Å²) < 4.78 is 21.8. The van der Waals surface area contributed by atoms with E-state index in [2.05, 4.69) is 4.98 Å². The molecule has 1 aliphatic carbocycles. The third-order valence-corrected chi connectivity index (χ3v) is 4.67. The predicted molar refractivity (Wildman–Crippen MR) is 91.1 cm³/mol. The van der Waals surface area contributed by atoms with Gasteiger partial charge in [0, 0.05) is 17.0 Å². The molecule has 1 N–H and O–H groups in total. The molecule has 0 saturated heterocycles. The van der Waals surface area contributed by atoms with E-state index in [0.717, 1.165) is 12.8 Å². The monoisotopic (exact) mass is 336 g/mol. The second-order valence-electron chi connectivity index (χ2n) is 6.33. The van der Waals surface area contributed by atoms with E-state index >= 15 is 0 Å². The zero-order valence-electron chi connectivity index (χ0n) is 13.1. The number of aromatic hydroxyl groups is 1. The number of phenolic OH excluding ortho intramolecular Hbond substituents is 1. The molecule has 2 aromatic heterocycles. The summed E-state index contributed by atoms with van der Waals surface area (Å²) in [5.74, 6) is -0.305. The van der Waals surface area contributed by atoms with Crippen molar-refractivity contribution in [2.24, 2.45) is 0 Å². The number of halogens is 1. The normalized spacial score (nSPS) is 14.4. The first-order chi connectivity index (χ1) is 12.1. The molecule has 0 amide bonds. The lowest BCUT2D eigenvalue weighted by atomic mass is 10.0. The highest BCUT2D eigenvalue weighted by Crippen LogP contribution is 2.39. The minimum absolute atomic E-state index is 0.114. The number of pyridine rings is 1. The van der Waals surface area contributed by atoms with Crippen molar-refractivity contribution in [3.8, 4) is 16.9 Å². The van der Waals surface area contributed by atoms with Gasteiger partial charge >= 0.3 is 0 Å². The average molecular weight is 336 g/mol. The molecular formula is C19H13FN2O3. The summed E-state index contributed by atoms with van der Waals surface area (Å²) in [5, 5.41) is 9.98. The highest BCUT2D eigenvalue weighted by molar-refractivity contribution is 6.02. The molecule has 2 aromatic carbocycles. The van der Waals surface area contributed by atoms with Crippen molar-refractivity contribution in [3.05, 3.63) is 59.0 Å². The van der Waals surface area contributed by atoms with Crippen molar-refractivity contribution in [1.29, 1.82) is 0 Å². The minimum Gasteiger partial charge on any atom is -0.508 e. The Balaban J connectivity index is 1.89. The second kappa shape index (κ2) is 4.92. The quantitative estimate of drug-likeness (QED) is 0.601. The molecule has 25 heavy (non-hydrogen) atoms. The maximum atomic E-state index is 14.8. The minimum atomic E-state index is -0.420. The molecule has 0 spiro atoms. The molecule has 0 atom stereocenters. The standard InChI is InChI=1S/C19H13FN2O3/c20-15-7-14-16(8-13(15)10-1-5-12(23)6-2-10)22(11-3-4-11)19(24)17-18(14)25-9-21-17/h1-2,5-9,11,23H,3-4H2. The Morgan fingerprint density at radius 1 is 1.20 bits per heavy atom. The average Bonchev–Trinajstić information content (AvgIpc) is 3.31. The fraction of sp³-hybridized carbons (Fsp3) is 0.158. The van der Waals surface area contributed by atoms with E-state index in [9.17, 15) is 14.3 Å². The van der Waals surface area contributed by atoms with Crippen molar-refractivity contribution in [2.45, 2.75) is 18.9 Å². The molecule has 1 fully saturated rings. The second-order valence-corrected chi connectivity index (χ2v) is 6.33. The van der Waals surface area contributed by atoms with Crippen molar-refractivity contribution < 1.29 is 13.9 Å². The van der Waals surface area contributed by atoms with Gasteiger partial charge in [0.15, 0.2) is 17.5 Å². The molecular weight excluding hydrogens is 323 g/mol. The highest BCUT2D eigenvalue weighted by atomic mass is 19.1. The van der Waals surface area contributed by atoms with Gasteiger partial charge in [-0.2, -0.15) is 0 Å². The van der Waals surface area contributed by atoms with Crippen molar-refractivity contribution in [1.82, 2.24) is 9.55 Å². The van der Waals surface area contributed by atoms with E-state index < -0.39 is 5.82 Å².